The molecule has 0 atom stereocenters. The van der Waals surface area contributed by atoms with Gasteiger partial charge in [0, 0.05) is 21.8 Å². The van der Waals surface area contributed by atoms with Crippen molar-refractivity contribution in [3.8, 4) is 11.5 Å². The van der Waals surface area contributed by atoms with Crippen molar-refractivity contribution in [3.63, 3.8) is 0 Å². The van der Waals surface area contributed by atoms with Crippen LogP contribution in [0.3, 0.4) is 0 Å². The molecule has 0 saturated carbocycles. The molecule has 1 N–H and O–H groups in total. The van der Waals surface area contributed by atoms with Crippen LogP contribution in [0.15, 0.2) is 66.7 Å². The van der Waals surface area contributed by atoms with Crippen molar-refractivity contribution in [2.45, 2.75) is 20.5 Å². The SMILES string of the molecule is CCOc1ccc(C(=O)Nc2ccccc2)cc1COc1ccc(Cl)c(C)c1. The van der Waals surface area contributed by atoms with Crippen LogP contribution < -0.4 is 14.8 Å². The predicted molar refractivity (Wildman–Crippen MR) is 113 cm³/mol. The summed E-state index contributed by atoms with van der Waals surface area (Å²) in [6.07, 6.45) is 0. The molecule has 0 fully saturated rings. The average Bonchev–Trinajstić information content (AvgIpc) is 2.70. The van der Waals surface area contributed by atoms with Crippen LogP contribution in [-0.4, -0.2) is 12.5 Å². The van der Waals surface area contributed by atoms with Crippen LogP contribution in [0, 0.1) is 6.92 Å². The van der Waals surface area contributed by atoms with E-state index in [1.807, 2.05) is 56.3 Å². The minimum absolute atomic E-state index is 0.183. The fraction of sp³-hybridized carbons (Fsp3) is 0.174. The van der Waals surface area contributed by atoms with Crippen LogP contribution in [0.4, 0.5) is 5.69 Å². The van der Waals surface area contributed by atoms with Gasteiger partial charge < -0.3 is 14.8 Å². The van der Waals surface area contributed by atoms with E-state index in [1.54, 1.807) is 24.3 Å². The first-order valence-corrected chi connectivity index (χ1v) is 9.45. The molecule has 0 aliphatic heterocycles. The number of nitrogens with one attached hydrogen (secondary N) is 1. The van der Waals surface area contributed by atoms with Crippen molar-refractivity contribution in [3.05, 3.63) is 88.4 Å². The second kappa shape index (κ2) is 9.29. The summed E-state index contributed by atoms with van der Waals surface area (Å²) < 4.78 is 11.6. The van der Waals surface area contributed by atoms with Crippen LogP contribution in [-0.2, 0) is 6.61 Å². The molecule has 5 heteroatoms. The fourth-order valence-corrected chi connectivity index (χ4v) is 2.84. The van der Waals surface area contributed by atoms with E-state index >= 15 is 0 Å². The highest BCUT2D eigenvalue weighted by Crippen LogP contribution is 2.25. The van der Waals surface area contributed by atoms with Gasteiger partial charge in [0.25, 0.3) is 5.91 Å². The zero-order valence-corrected chi connectivity index (χ0v) is 16.6. The molecule has 0 spiro atoms. The molecule has 3 rings (SSSR count). The fourth-order valence-electron chi connectivity index (χ4n) is 2.72. The Morgan fingerprint density at radius 3 is 2.50 bits per heavy atom. The van der Waals surface area contributed by atoms with E-state index in [0.29, 0.717) is 28.7 Å². The van der Waals surface area contributed by atoms with E-state index in [2.05, 4.69) is 5.32 Å². The number of carbonyl (C=O) groups excluding carboxylic acids is 1. The number of amides is 1. The van der Waals surface area contributed by atoms with Gasteiger partial charge in [-0.25, -0.2) is 0 Å². The van der Waals surface area contributed by atoms with Crippen molar-refractivity contribution >= 4 is 23.2 Å². The first-order valence-electron chi connectivity index (χ1n) is 9.08. The van der Waals surface area contributed by atoms with Gasteiger partial charge in [0.05, 0.1) is 6.61 Å². The Balaban J connectivity index is 1.78. The van der Waals surface area contributed by atoms with Crippen molar-refractivity contribution in [2.24, 2.45) is 0 Å². The summed E-state index contributed by atoms with van der Waals surface area (Å²) in [5.41, 5.74) is 3.03. The van der Waals surface area contributed by atoms with Gasteiger partial charge >= 0.3 is 0 Å². The van der Waals surface area contributed by atoms with Crippen LogP contribution >= 0.6 is 11.6 Å². The molecule has 0 bridgehead atoms. The Labute approximate surface area is 170 Å². The van der Waals surface area contributed by atoms with E-state index in [1.165, 1.54) is 0 Å². The molecule has 144 valence electrons. The highest BCUT2D eigenvalue weighted by molar-refractivity contribution is 6.31. The summed E-state index contributed by atoms with van der Waals surface area (Å²) in [6.45, 7) is 4.66. The van der Waals surface area contributed by atoms with Crippen LogP contribution in [0.2, 0.25) is 5.02 Å². The molecular formula is C23H22ClNO3. The average molecular weight is 396 g/mol. The third kappa shape index (κ3) is 5.05. The second-order valence-corrected chi connectivity index (χ2v) is 6.68. The molecule has 0 aliphatic rings. The van der Waals surface area contributed by atoms with E-state index in [-0.39, 0.29) is 12.5 Å². The zero-order chi connectivity index (χ0) is 19.9. The number of aryl methyl sites for hydroxylation is 1. The molecule has 3 aromatic rings. The van der Waals surface area contributed by atoms with Gasteiger partial charge in [-0.05, 0) is 67.9 Å². The van der Waals surface area contributed by atoms with Crippen molar-refractivity contribution in [2.75, 3.05) is 11.9 Å². The molecule has 0 aliphatic carbocycles. The quantitative estimate of drug-likeness (QED) is 0.543. The summed E-state index contributed by atoms with van der Waals surface area (Å²) in [5, 5.41) is 3.59. The summed E-state index contributed by atoms with van der Waals surface area (Å²) in [5.74, 6) is 1.23. The summed E-state index contributed by atoms with van der Waals surface area (Å²) in [4.78, 5) is 12.6. The summed E-state index contributed by atoms with van der Waals surface area (Å²) in [7, 11) is 0. The Morgan fingerprint density at radius 2 is 1.79 bits per heavy atom. The lowest BCUT2D eigenvalue weighted by Gasteiger charge is -2.14. The van der Waals surface area contributed by atoms with Crippen molar-refractivity contribution in [1.29, 1.82) is 0 Å². The van der Waals surface area contributed by atoms with E-state index in [4.69, 9.17) is 21.1 Å². The largest absolute Gasteiger partial charge is 0.493 e. The maximum atomic E-state index is 12.6. The number of hydrogen-bond acceptors (Lipinski definition) is 3. The third-order valence-corrected chi connectivity index (χ3v) is 4.60. The number of rotatable bonds is 7. The van der Waals surface area contributed by atoms with E-state index in [9.17, 15) is 4.79 Å². The minimum atomic E-state index is -0.183. The van der Waals surface area contributed by atoms with Gasteiger partial charge in [-0.3, -0.25) is 4.79 Å². The first kappa shape index (κ1) is 19.8. The van der Waals surface area contributed by atoms with Crippen molar-refractivity contribution < 1.29 is 14.3 Å². The topological polar surface area (TPSA) is 47.6 Å². The number of carbonyl (C=O) groups is 1. The maximum Gasteiger partial charge on any atom is 0.255 e. The Morgan fingerprint density at radius 1 is 1.00 bits per heavy atom. The minimum Gasteiger partial charge on any atom is -0.493 e. The Bertz CT molecular complexity index is 957. The third-order valence-electron chi connectivity index (χ3n) is 4.18. The highest BCUT2D eigenvalue weighted by Gasteiger charge is 2.12. The predicted octanol–water partition coefficient (Wildman–Crippen LogP) is 5.88. The summed E-state index contributed by atoms with van der Waals surface area (Å²) in [6, 6.07) is 20.2. The molecule has 0 aromatic heterocycles. The number of benzene rings is 3. The van der Waals surface area contributed by atoms with Crippen molar-refractivity contribution in [1.82, 2.24) is 0 Å². The van der Waals surface area contributed by atoms with Gasteiger partial charge in [0.2, 0.25) is 0 Å². The lowest BCUT2D eigenvalue weighted by atomic mass is 10.1. The number of para-hydroxylation sites is 1. The van der Waals surface area contributed by atoms with Gasteiger partial charge in [-0.2, -0.15) is 0 Å². The molecule has 0 heterocycles. The monoisotopic (exact) mass is 395 g/mol. The maximum absolute atomic E-state index is 12.6. The van der Waals surface area contributed by atoms with Gasteiger partial charge in [-0.1, -0.05) is 29.8 Å². The molecule has 0 unspecified atom stereocenters. The normalized spacial score (nSPS) is 10.4. The van der Waals surface area contributed by atoms with Gasteiger partial charge in [0.1, 0.15) is 18.1 Å². The van der Waals surface area contributed by atoms with Gasteiger partial charge in [-0.15, -0.1) is 0 Å². The number of ether oxygens (including phenoxy) is 2. The molecular weight excluding hydrogens is 374 g/mol. The van der Waals surface area contributed by atoms with E-state index in [0.717, 1.165) is 16.8 Å². The van der Waals surface area contributed by atoms with Crippen LogP contribution in [0.25, 0.3) is 0 Å². The molecule has 4 nitrogen and oxygen atoms in total. The molecule has 0 saturated heterocycles. The second-order valence-electron chi connectivity index (χ2n) is 6.28. The zero-order valence-electron chi connectivity index (χ0n) is 15.9. The Kier molecular flexibility index (Phi) is 6.56. The number of halogens is 1. The van der Waals surface area contributed by atoms with Crippen LogP contribution in [0.5, 0.6) is 11.5 Å². The Hall–Kier alpha value is -2.98. The molecule has 28 heavy (non-hydrogen) atoms. The lowest BCUT2D eigenvalue weighted by molar-refractivity contribution is 0.102. The van der Waals surface area contributed by atoms with E-state index < -0.39 is 0 Å². The smallest absolute Gasteiger partial charge is 0.255 e. The number of hydrogen-bond donors (Lipinski definition) is 1. The molecule has 0 radical (unpaired) electrons. The molecule has 3 aromatic carbocycles. The molecule has 1 amide bonds. The van der Waals surface area contributed by atoms with Crippen LogP contribution in [0.1, 0.15) is 28.4 Å². The summed E-state index contributed by atoms with van der Waals surface area (Å²) >= 11 is 6.07. The standard InChI is InChI=1S/C23H22ClNO3/c1-3-27-22-12-9-17(23(26)25-19-7-5-4-6-8-19)14-18(22)15-28-20-10-11-21(24)16(2)13-20/h4-14H,3,15H2,1-2H3,(H,25,26). The highest BCUT2D eigenvalue weighted by atomic mass is 35.5. The number of anilines is 1. The lowest BCUT2D eigenvalue weighted by Crippen LogP contribution is -2.13. The van der Waals surface area contributed by atoms with Gasteiger partial charge in [0.15, 0.2) is 0 Å². The first-order chi connectivity index (χ1) is 13.6.